The summed E-state index contributed by atoms with van der Waals surface area (Å²) in [5.41, 5.74) is 7.61. The zero-order chi connectivity index (χ0) is 13.4. The molecule has 2 N–H and O–H groups in total. The minimum absolute atomic E-state index is 0.219. The van der Waals surface area contributed by atoms with Gasteiger partial charge in [0.25, 0.3) is 0 Å². The molecule has 5 heteroatoms. The molecule has 0 atom stereocenters. The Bertz CT molecular complexity index is 372. The third-order valence-electron chi connectivity index (χ3n) is 2.23. The highest BCUT2D eigenvalue weighted by atomic mass is 16.6. The molecule has 0 aliphatic carbocycles. The van der Waals surface area contributed by atoms with Crippen LogP contribution < -0.4 is 5.73 Å². The first kappa shape index (κ1) is 14.5. The molecule has 0 fully saturated rings. The molecule has 0 unspecified atom stereocenters. The van der Waals surface area contributed by atoms with E-state index in [4.69, 9.17) is 19.9 Å². The average Bonchev–Trinajstić information content (AvgIpc) is 2.32. The lowest BCUT2D eigenvalue weighted by atomic mass is 10.1. The number of hydrogen-bond donors (Lipinski definition) is 1. The van der Waals surface area contributed by atoms with E-state index in [1.54, 1.807) is 25.3 Å². The Morgan fingerprint density at radius 1 is 1.17 bits per heavy atom. The molecule has 0 heterocycles. The summed E-state index contributed by atoms with van der Waals surface area (Å²) in [4.78, 5) is 11.7. The number of benzene rings is 1. The van der Waals surface area contributed by atoms with Crippen molar-refractivity contribution in [1.29, 1.82) is 0 Å². The fraction of sp³-hybridized carbons (Fsp3) is 0.462. The lowest BCUT2D eigenvalue weighted by Gasteiger charge is -2.07. The minimum Gasteiger partial charge on any atom is -0.460 e. The Morgan fingerprint density at radius 2 is 1.89 bits per heavy atom. The number of aryl methyl sites for hydroxylation is 1. The molecule has 5 nitrogen and oxygen atoms in total. The van der Waals surface area contributed by atoms with Gasteiger partial charge in [-0.3, -0.25) is 0 Å². The lowest BCUT2D eigenvalue weighted by molar-refractivity contribution is 0.0214. The van der Waals surface area contributed by atoms with E-state index in [9.17, 15) is 4.79 Å². The molecular weight excluding hydrogens is 234 g/mol. The number of hydrogen-bond acceptors (Lipinski definition) is 5. The summed E-state index contributed by atoms with van der Waals surface area (Å²) in [6.45, 7) is 3.47. The van der Waals surface area contributed by atoms with Gasteiger partial charge in [-0.15, -0.1) is 0 Å². The molecule has 0 saturated carbocycles. The first-order valence-electron chi connectivity index (χ1n) is 5.74. The van der Waals surface area contributed by atoms with E-state index < -0.39 is 0 Å². The van der Waals surface area contributed by atoms with Crippen molar-refractivity contribution in [1.82, 2.24) is 0 Å². The second-order valence-electron chi connectivity index (χ2n) is 3.87. The predicted octanol–water partition coefficient (Wildman–Crippen LogP) is 1.40. The molecule has 1 rings (SSSR count). The van der Waals surface area contributed by atoms with E-state index >= 15 is 0 Å². The van der Waals surface area contributed by atoms with Gasteiger partial charge in [0.05, 0.1) is 25.4 Å². The number of nitrogen functional groups attached to an aromatic ring is 1. The third kappa shape index (κ3) is 5.16. The molecule has 0 aliphatic rings. The van der Waals surface area contributed by atoms with Crippen LogP contribution in [0, 0.1) is 6.92 Å². The van der Waals surface area contributed by atoms with Gasteiger partial charge in [0.2, 0.25) is 0 Å². The molecule has 1 aromatic rings. The maximum atomic E-state index is 11.7. The molecule has 0 amide bonds. The van der Waals surface area contributed by atoms with Crippen LogP contribution in [0.25, 0.3) is 0 Å². The van der Waals surface area contributed by atoms with Gasteiger partial charge < -0.3 is 19.9 Å². The van der Waals surface area contributed by atoms with Crippen LogP contribution in [-0.2, 0) is 14.2 Å². The van der Waals surface area contributed by atoms with Crippen molar-refractivity contribution in [3.05, 3.63) is 29.3 Å². The highest BCUT2D eigenvalue weighted by molar-refractivity contribution is 5.90. The first-order valence-corrected chi connectivity index (χ1v) is 5.74. The van der Waals surface area contributed by atoms with Crippen molar-refractivity contribution in [3.8, 4) is 0 Å². The van der Waals surface area contributed by atoms with Crippen molar-refractivity contribution in [2.75, 3.05) is 39.3 Å². The van der Waals surface area contributed by atoms with E-state index in [1.165, 1.54) is 0 Å². The second kappa shape index (κ2) is 7.68. The Balaban J connectivity index is 2.32. The van der Waals surface area contributed by atoms with Crippen molar-refractivity contribution < 1.29 is 19.0 Å². The summed E-state index contributed by atoms with van der Waals surface area (Å²) in [5, 5.41) is 0. The average molecular weight is 253 g/mol. The van der Waals surface area contributed by atoms with Gasteiger partial charge >= 0.3 is 5.97 Å². The van der Waals surface area contributed by atoms with Crippen molar-refractivity contribution in [3.63, 3.8) is 0 Å². The molecule has 18 heavy (non-hydrogen) atoms. The molecule has 0 bridgehead atoms. The number of methoxy groups -OCH3 is 1. The number of esters is 1. The third-order valence-corrected chi connectivity index (χ3v) is 2.23. The summed E-state index contributed by atoms with van der Waals surface area (Å²) in [5.74, 6) is -0.388. The van der Waals surface area contributed by atoms with Crippen LogP contribution in [0.4, 0.5) is 5.69 Å². The van der Waals surface area contributed by atoms with Gasteiger partial charge in [-0.25, -0.2) is 4.79 Å². The van der Waals surface area contributed by atoms with E-state index in [-0.39, 0.29) is 12.6 Å². The summed E-state index contributed by atoms with van der Waals surface area (Å²) < 4.78 is 15.1. The minimum atomic E-state index is -0.388. The fourth-order valence-electron chi connectivity index (χ4n) is 1.45. The van der Waals surface area contributed by atoms with E-state index in [0.29, 0.717) is 31.1 Å². The number of anilines is 1. The van der Waals surface area contributed by atoms with E-state index in [2.05, 4.69) is 0 Å². The van der Waals surface area contributed by atoms with Gasteiger partial charge in [-0.1, -0.05) is 0 Å². The molecule has 0 aliphatic heterocycles. The molecule has 1 aromatic carbocycles. The standard InChI is InChI=1S/C13H19NO4/c1-10-7-11(9-12(14)8-10)13(15)18-6-5-17-4-3-16-2/h7-9H,3-6,14H2,1-2H3. The molecule has 0 aromatic heterocycles. The highest BCUT2D eigenvalue weighted by Gasteiger charge is 2.08. The molecular formula is C13H19NO4. The van der Waals surface area contributed by atoms with Gasteiger partial charge in [0.15, 0.2) is 0 Å². The molecule has 100 valence electrons. The smallest absolute Gasteiger partial charge is 0.338 e. The van der Waals surface area contributed by atoms with Crippen LogP contribution in [-0.4, -0.2) is 39.5 Å². The summed E-state index contributed by atoms with van der Waals surface area (Å²) >= 11 is 0. The van der Waals surface area contributed by atoms with Crippen molar-refractivity contribution in [2.45, 2.75) is 6.92 Å². The lowest BCUT2D eigenvalue weighted by Crippen LogP contribution is -2.13. The second-order valence-corrected chi connectivity index (χ2v) is 3.87. The van der Waals surface area contributed by atoms with Crippen LogP contribution >= 0.6 is 0 Å². The summed E-state index contributed by atoms with van der Waals surface area (Å²) in [7, 11) is 1.60. The van der Waals surface area contributed by atoms with Crippen LogP contribution in [0.2, 0.25) is 0 Å². The van der Waals surface area contributed by atoms with Crippen molar-refractivity contribution >= 4 is 11.7 Å². The Morgan fingerprint density at radius 3 is 2.56 bits per heavy atom. The van der Waals surface area contributed by atoms with Gasteiger partial charge in [0.1, 0.15) is 6.61 Å². The number of ether oxygens (including phenoxy) is 3. The van der Waals surface area contributed by atoms with Crippen LogP contribution in [0.15, 0.2) is 18.2 Å². The maximum absolute atomic E-state index is 11.7. The number of carbonyl (C=O) groups excluding carboxylic acids is 1. The number of rotatable bonds is 7. The Hall–Kier alpha value is -1.59. The molecule has 0 spiro atoms. The van der Waals surface area contributed by atoms with Crippen LogP contribution in [0.5, 0.6) is 0 Å². The first-order chi connectivity index (χ1) is 8.63. The topological polar surface area (TPSA) is 70.8 Å². The maximum Gasteiger partial charge on any atom is 0.338 e. The fourth-order valence-corrected chi connectivity index (χ4v) is 1.45. The Kier molecular flexibility index (Phi) is 6.18. The zero-order valence-corrected chi connectivity index (χ0v) is 10.8. The molecule has 0 radical (unpaired) electrons. The predicted molar refractivity (Wildman–Crippen MR) is 68.6 cm³/mol. The van der Waals surface area contributed by atoms with Crippen molar-refractivity contribution in [2.24, 2.45) is 0 Å². The SMILES string of the molecule is COCCOCCOC(=O)c1cc(C)cc(N)c1. The van der Waals surface area contributed by atoms with Gasteiger partial charge in [-0.2, -0.15) is 0 Å². The summed E-state index contributed by atoms with van der Waals surface area (Å²) in [6, 6.07) is 5.14. The molecule has 0 saturated heterocycles. The normalized spacial score (nSPS) is 10.3. The number of nitrogens with two attached hydrogens (primary N) is 1. The van der Waals surface area contributed by atoms with Crippen LogP contribution in [0.3, 0.4) is 0 Å². The van der Waals surface area contributed by atoms with Gasteiger partial charge in [-0.05, 0) is 30.7 Å². The highest BCUT2D eigenvalue weighted by Crippen LogP contribution is 2.12. The van der Waals surface area contributed by atoms with E-state index in [0.717, 1.165) is 5.56 Å². The zero-order valence-electron chi connectivity index (χ0n) is 10.8. The number of carbonyl (C=O) groups is 1. The largest absolute Gasteiger partial charge is 0.460 e. The van der Waals surface area contributed by atoms with Crippen LogP contribution in [0.1, 0.15) is 15.9 Å². The van der Waals surface area contributed by atoms with E-state index in [1.807, 2.05) is 6.92 Å². The quantitative estimate of drug-likeness (QED) is 0.452. The summed E-state index contributed by atoms with van der Waals surface area (Å²) in [6.07, 6.45) is 0. The monoisotopic (exact) mass is 253 g/mol. The van der Waals surface area contributed by atoms with Gasteiger partial charge in [0, 0.05) is 12.8 Å². The Labute approximate surface area is 107 Å².